The standard InChI is InChI=1S/C23H25Cl2N3O/c1-2-27-8-10-28(11-9-27)23(29)14-19(16-4-3-5-17(24)12-16)21-15-26-22-7-6-18(25)13-20(21)22/h3-7,12-13,15,19,26H,2,8-11,14H2,1H3. The van der Waals surface area contributed by atoms with Crippen LogP contribution in [-0.4, -0.2) is 53.4 Å². The maximum atomic E-state index is 13.2. The van der Waals surface area contributed by atoms with E-state index in [1.54, 1.807) is 0 Å². The third-order valence-corrected chi connectivity index (χ3v) is 6.32. The average molecular weight is 430 g/mol. The summed E-state index contributed by atoms with van der Waals surface area (Å²) in [5.74, 6) is 0.0970. The largest absolute Gasteiger partial charge is 0.361 e. The first-order valence-electron chi connectivity index (χ1n) is 10.1. The monoisotopic (exact) mass is 429 g/mol. The van der Waals surface area contributed by atoms with Crippen molar-refractivity contribution in [2.24, 2.45) is 0 Å². The van der Waals surface area contributed by atoms with Crippen LogP contribution in [0.15, 0.2) is 48.7 Å². The molecule has 1 aromatic heterocycles. The van der Waals surface area contributed by atoms with Crippen molar-refractivity contribution in [2.45, 2.75) is 19.3 Å². The van der Waals surface area contributed by atoms with Gasteiger partial charge >= 0.3 is 0 Å². The number of aromatic amines is 1. The number of H-pyrrole nitrogens is 1. The molecular weight excluding hydrogens is 405 g/mol. The van der Waals surface area contributed by atoms with E-state index in [0.29, 0.717) is 16.5 Å². The zero-order valence-corrected chi connectivity index (χ0v) is 18.0. The highest BCUT2D eigenvalue weighted by Gasteiger charge is 2.26. The Balaban J connectivity index is 1.66. The van der Waals surface area contributed by atoms with Crippen LogP contribution in [0.25, 0.3) is 10.9 Å². The van der Waals surface area contributed by atoms with Crippen LogP contribution < -0.4 is 0 Å². The van der Waals surface area contributed by atoms with E-state index >= 15 is 0 Å². The van der Waals surface area contributed by atoms with Gasteiger partial charge in [-0.15, -0.1) is 0 Å². The van der Waals surface area contributed by atoms with Gasteiger partial charge in [0.05, 0.1) is 0 Å². The highest BCUT2D eigenvalue weighted by molar-refractivity contribution is 6.31. The van der Waals surface area contributed by atoms with Crippen LogP contribution in [0.2, 0.25) is 10.0 Å². The van der Waals surface area contributed by atoms with Crippen LogP contribution in [0, 0.1) is 0 Å². The Hall–Kier alpha value is -2.01. The van der Waals surface area contributed by atoms with E-state index in [9.17, 15) is 4.79 Å². The molecular formula is C23H25Cl2N3O. The Bertz CT molecular complexity index is 1010. The van der Waals surface area contributed by atoms with Crippen molar-refractivity contribution in [1.82, 2.24) is 14.8 Å². The van der Waals surface area contributed by atoms with Gasteiger partial charge in [-0.25, -0.2) is 0 Å². The minimum atomic E-state index is -0.0855. The number of aromatic nitrogens is 1. The van der Waals surface area contributed by atoms with Crippen LogP contribution in [0.3, 0.4) is 0 Å². The molecule has 1 saturated heterocycles. The SMILES string of the molecule is CCN1CCN(C(=O)CC(c2cccc(Cl)c2)c2c[nH]c3ccc(Cl)cc23)CC1. The second-order valence-electron chi connectivity index (χ2n) is 7.56. The van der Waals surface area contributed by atoms with Gasteiger partial charge in [-0.3, -0.25) is 4.79 Å². The summed E-state index contributed by atoms with van der Waals surface area (Å²) in [6.45, 7) is 6.64. The lowest BCUT2D eigenvalue weighted by molar-refractivity contribution is -0.133. The summed E-state index contributed by atoms with van der Waals surface area (Å²) in [4.78, 5) is 20.9. The molecule has 1 aliphatic rings. The molecule has 1 N–H and O–H groups in total. The molecule has 0 saturated carbocycles. The topological polar surface area (TPSA) is 39.3 Å². The summed E-state index contributed by atoms with van der Waals surface area (Å²) in [5.41, 5.74) is 3.13. The average Bonchev–Trinajstić information content (AvgIpc) is 3.14. The molecule has 6 heteroatoms. The van der Waals surface area contributed by atoms with E-state index in [1.165, 1.54) is 0 Å². The van der Waals surface area contributed by atoms with Crippen LogP contribution >= 0.6 is 23.2 Å². The number of halogens is 2. The lowest BCUT2D eigenvalue weighted by Crippen LogP contribution is -2.48. The number of carbonyl (C=O) groups excluding carboxylic acids is 1. The summed E-state index contributed by atoms with van der Waals surface area (Å²) >= 11 is 12.5. The summed E-state index contributed by atoms with van der Waals surface area (Å²) in [6.07, 6.45) is 2.40. The van der Waals surface area contributed by atoms with Crippen molar-refractivity contribution in [3.05, 3.63) is 69.8 Å². The number of amides is 1. The predicted molar refractivity (Wildman–Crippen MR) is 120 cm³/mol. The third kappa shape index (κ3) is 4.45. The molecule has 0 aliphatic carbocycles. The Morgan fingerprint density at radius 3 is 2.55 bits per heavy atom. The number of likely N-dealkylation sites (N-methyl/N-ethyl adjacent to an activating group) is 1. The fraction of sp³-hybridized carbons (Fsp3) is 0.348. The van der Waals surface area contributed by atoms with E-state index in [4.69, 9.17) is 23.2 Å². The second-order valence-corrected chi connectivity index (χ2v) is 8.43. The minimum Gasteiger partial charge on any atom is -0.361 e. The molecule has 1 fully saturated rings. The number of nitrogens with one attached hydrogen (secondary N) is 1. The Morgan fingerprint density at radius 1 is 1.07 bits per heavy atom. The molecule has 0 radical (unpaired) electrons. The number of rotatable bonds is 5. The zero-order chi connectivity index (χ0) is 20.4. The number of benzene rings is 2. The van der Waals surface area contributed by atoms with Gasteiger partial charge in [0, 0.05) is 65.7 Å². The number of fused-ring (bicyclic) bond motifs is 1. The summed E-state index contributed by atoms with van der Waals surface area (Å²) in [6, 6.07) is 13.6. The van der Waals surface area contributed by atoms with E-state index in [1.807, 2.05) is 53.6 Å². The first kappa shape index (κ1) is 20.3. The van der Waals surface area contributed by atoms with E-state index in [-0.39, 0.29) is 11.8 Å². The van der Waals surface area contributed by atoms with Gasteiger partial charge in [0.15, 0.2) is 0 Å². The summed E-state index contributed by atoms with van der Waals surface area (Å²) < 4.78 is 0. The van der Waals surface area contributed by atoms with Crippen molar-refractivity contribution < 1.29 is 4.79 Å². The number of nitrogens with zero attached hydrogens (tertiary/aromatic N) is 2. The molecule has 0 bridgehead atoms. The maximum Gasteiger partial charge on any atom is 0.223 e. The molecule has 1 atom stereocenters. The smallest absolute Gasteiger partial charge is 0.223 e. The molecule has 29 heavy (non-hydrogen) atoms. The lowest BCUT2D eigenvalue weighted by Gasteiger charge is -2.34. The molecule has 2 aromatic carbocycles. The normalized spacial score (nSPS) is 16.3. The van der Waals surface area contributed by atoms with Crippen molar-refractivity contribution >= 4 is 40.0 Å². The maximum absolute atomic E-state index is 13.2. The van der Waals surface area contributed by atoms with Crippen molar-refractivity contribution in [2.75, 3.05) is 32.7 Å². The minimum absolute atomic E-state index is 0.0855. The van der Waals surface area contributed by atoms with Gasteiger partial charge in [0.1, 0.15) is 0 Å². The Kier molecular flexibility index (Phi) is 6.14. The van der Waals surface area contributed by atoms with Crippen LogP contribution in [0.4, 0.5) is 0 Å². The van der Waals surface area contributed by atoms with Gasteiger partial charge in [-0.1, -0.05) is 42.3 Å². The van der Waals surface area contributed by atoms with E-state index < -0.39 is 0 Å². The molecule has 2 heterocycles. The van der Waals surface area contributed by atoms with E-state index in [0.717, 1.165) is 54.8 Å². The molecule has 152 valence electrons. The van der Waals surface area contributed by atoms with Crippen molar-refractivity contribution in [1.29, 1.82) is 0 Å². The fourth-order valence-corrected chi connectivity index (χ4v) is 4.52. The number of piperazine rings is 1. The predicted octanol–water partition coefficient (Wildman–Crippen LogP) is 5.16. The summed E-state index contributed by atoms with van der Waals surface area (Å²) in [5, 5.41) is 2.41. The Morgan fingerprint density at radius 2 is 1.83 bits per heavy atom. The zero-order valence-electron chi connectivity index (χ0n) is 16.5. The van der Waals surface area contributed by atoms with Crippen LogP contribution in [-0.2, 0) is 4.79 Å². The van der Waals surface area contributed by atoms with Crippen LogP contribution in [0.1, 0.15) is 30.4 Å². The molecule has 4 nitrogen and oxygen atoms in total. The highest BCUT2D eigenvalue weighted by Crippen LogP contribution is 2.36. The third-order valence-electron chi connectivity index (χ3n) is 5.85. The van der Waals surface area contributed by atoms with Gasteiger partial charge in [0.2, 0.25) is 5.91 Å². The molecule has 1 aliphatic heterocycles. The molecule has 3 aromatic rings. The number of hydrogen-bond acceptors (Lipinski definition) is 2. The number of hydrogen-bond donors (Lipinski definition) is 1. The van der Waals surface area contributed by atoms with Gasteiger partial charge in [0.25, 0.3) is 0 Å². The molecule has 0 spiro atoms. The quantitative estimate of drug-likeness (QED) is 0.607. The second kappa shape index (κ2) is 8.78. The fourth-order valence-electron chi connectivity index (χ4n) is 4.15. The van der Waals surface area contributed by atoms with Gasteiger partial charge < -0.3 is 14.8 Å². The lowest BCUT2D eigenvalue weighted by atomic mass is 9.87. The molecule has 4 rings (SSSR count). The molecule has 1 unspecified atom stereocenters. The van der Waals surface area contributed by atoms with E-state index in [2.05, 4.69) is 16.8 Å². The van der Waals surface area contributed by atoms with Crippen molar-refractivity contribution in [3.63, 3.8) is 0 Å². The molecule has 1 amide bonds. The summed E-state index contributed by atoms with van der Waals surface area (Å²) in [7, 11) is 0. The Labute approximate surface area is 181 Å². The first-order chi connectivity index (χ1) is 14.0. The van der Waals surface area contributed by atoms with Gasteiger partial charge in [-0.05, 0) is 48.0 Å². The van der Waals surface area contributed by atoms with Gasteiger partial charge in [-0.2, -0.15) is 0 Å². The number of carbonyl (C=O) groups is 1. The van der Waals surface area contributed by atoms with Crippen LogP contribution in [0.5, 0.6) is 0 Å². The highest BCUT2D eigenvalue weighted by atomic mass is 35.5. The first-order valence-corrected chi connectivity index (χ1v) is 10.8. The van der Waals surface area contributed by atoms with Crippen molar-refractivity contribution in [3.8, 4) is 0 Å².